The van der Waals surface area contributed by atoms with Crippen LogP contribution < -0.4 is 0 Å². The van der Waals surface area contributed by atoms with E-state index in [2.05, 4.69) is 4.98 Å². The van der Waals surface area contributed by atoms with Crippen molar-refractivity contribution in [2.45, 2.75) is 18.7 Å². The average Bonchev–Trinajstić information content (AvgIpc) is 3.17. The molecule has 0 aliphatic carbocycles. The summed E-state index contributed by atoms with van der Waals surface area (Å²) in [4.78, 5) is 27.5. The maximum absolute atomic E-state index is 14.2. The van der Waals surface area contributed by atoms with Crippen LogP contribution in [0.3, 0.4) is 0 Å². The van der Waals surface area contributed by atoms with Crippen molar-refractivity contribution in [3.05, 3.63) is 65.6 Å². The van der Waals surface area contributed by atoms with Gasteiger partial charge in [0, 0.05) is 35.8 Å². The monoisotopic (exact) mass is 432 g/mol. The summed E-state index contributed by atoms with van der Waals surface area (Å²) in [7, 11) is -3.88. The molecule has 0 bridgehead atoms. The van der Waals surface area contributed by atoms with Gasteiger partial charge in [0.1, 0.15) is 5.82 Å². The van der Waals surface area contributed by atoms with Crippen molar-refractivity contribution >= 4 is 32.7 Å². The Morgan fingerprint density at radius 3 is 2.47 bits per heavy atom. The molecule has 0 spiro atoms. The summed E-state index contributed by atoms with van der Waals surface area (Å²) in [6.07, 6.45) is 1.51. The number of fused-ring (bicyclic) bond motifs is 1. The van der Waals surface area contributed by atoms with Crippen LogP contribution in [0.25, 0.3) is 10.9 Å². The van der Waals surface area contributed by atoms with Gasteiger partial charge < -0.3 is 9.72 Å². The number of ether oxygens (including phenoxy) is 1. The Hall–Kier alpha value is -3.04. The number of ketones is 1. The third-order valence-corrected chi connectivity index (χ3v) is 6.77. The lowest BCUT2D eigenvalue weighted by Gasteiger charge is -2.18. The highest BCUT2D eigenvalue weighted by Gasteiger charge is 2.25. The highest BCUT2D eigenvalue weighted by atomic mass is 32.2. The van der Waals surface area contributed by atoms with Crippen molar-refractivity contribution in [3.8, 4) is 0 Å². The first-order chi connectivity index (χ1) is 14.3. The number of sulfonamides is 1. The smallest absolute Gasteiger partial charge is 0.341 e. The zero-order valence-corrected chi connectivity index (χ0v) is 17.3. The Morgan fingerprint density at radius 2 is 1.77 bits per heavy atom. The lowest BCUT2D eigenvalue weighted by Crippen LogP contribution is -2.30. The Bertz CT molecular complexity index is 1200. The Kier molecular flexibility index (Phi) is 6.33. The molecule has 0 saturated carbocycles. The molecule has 30 heavy (non-hydrogen) atoms. The summed E-state index contributed by atoms with van der Waals surface area (Å²) in [6, 6.07) is 10.1. The van der Waals surface area contributed by atoms with Crippen molar-refractivity contribution in [1.82, 2.24) is 9.29 Å². The van der Waals surface area contributed by atoms with Gasteiger partial charge in [-0.2, -0.15) is 4.31 Å². The number of carbonyl (C=O) groups is 2. The molecule has 158 valence electrons. The number of nitrogens with one attached hydrogen (secondary N) is 1. The van der Waals surface area contributed by atoms with E-state index >= 15 is 0 Å². The van der Waals surface area contributed by atoms with Crippen LogP contribution >= 0.6 is 0 Å². The molecule has 0 aliphatic rings. The number of hydrogen-bond acceptors (Lipinski definition) is 5. The van der Waals surface area contributed by atoms with E-state index in [4.69, 9.17) is 4.74 Å². The van der Waals surface area contributed by atoms with Gasteiger partial charge >= 0.3 is 5.97 Å². The molecule has 3 rings (SSSR count). The van der Waals surface area contributed by atoms with Gasteiger partial charge in [0.2, 0.25) is 15.8 Å². The molecule has 3 aromatic rings. The first-order valence-electron chi connectivity index (χ1n) is 9.35. The van der Waals surface area contributed by atoms with Crippen LogP contribution in [0.1, 0.15) is 34.6 Å². The lowest BCUT2D eigenvalue weighted by atomic mass is 10.1. The summed E-state index contributed by atoms with van der Waals surface area (Å²) >= 11 is 0. The molecule has 0 amide bonds. The zero-order chi connectivity index (χ0) is 21.9. The molecule has 1 N–H and O–H groups in total. The molecule has 0 saturated heterocycles. The van der Waals surface area contributed by atoms with Gasteiger partial charge in [0.25, 0.3) is 0 Å². The number of carbonyl (C=O) groups excluding carboxylic acids is 2. The molecule has 1 aromatic heterocycles. The molecule has 0 aliphatic heterocycles. The largest absolute Gasteiger partial charge is 0.454 e. The van der Waals surface area contributed by atoms with E-state index < -0.39 is 39.8 Å². The van der Waals surface area contributed by atoms with Crippen LogP contribution in [-0.2, 0) is 14.8 Å². The minimum Gasteiger partial charge on any atom is -0.454 e. The van der Waals surface area contributed by atoms with E-state index in [1.54, 1.807) is 32.0 Å². The maximum Gasteiger partial charge on any atom is 0.341 e. The fraction of sp³-hybridized carbons (Fsp3) is 0.238. The van der Waals surface area contributed by atoms with Gasteiger partial charge in [-0.25, -0.2) is 17.6 Å². The van der Waals surface area contributed by atoms with Crippen molar-refractivity contribution in [2.75, 3.05) is 19.7 Å². The molecule has 0 unspecified atom stereocenters. The number of H-pyrrole nitrogens is 1. The molecule has 7 nitrogen and oxygen atoms in total. The van der Waals surface area contributed by atoms with Crippen molar-refractivity contribution in [3.63, 3.8) is 0 Å². The van der Waals surface area contributed by atoms with Gasteiger partial charge in [-0.1, -0.05) is 32.0 Å². The van der Waals surface area contributed by atoms with E-state index in [1.807, 2.05) is 6.07 Å². The fourth-order valence-corrected chi connectivity index (χ4v) is 4.61. The van der Waals surface area contributed by atoms with E-state index in [9.17, 15) is 22.4 Å². The Balaban J connectivity index is 1.79. The van der Waals surface area contributed by atoms with Crippen molar-refractivity contribution < 1.29 is 27.1 Å². The van der Waals surface area contributed by atoms with Gasteiger partial charge in [0.05, 0.1) is 10.5 Å². The SMILES string of the molecule is CCN(CC)S(=O)(=O)c1ccc(F)c(C(=O)OCC(=O)c2c[nH]c3ccccc23)c1. The Labute approximate surface area is 173 Å². The third kappa shape index (κ3) is 4.12. The van der Waals surface area contributed by atoms with Gasteiger partial charge in [-0.15, -0.1) is 0 Å². The lowest BCUT2D eigenvalue weighted by molar-refractivity contribution is 0.0470. The summed E-state index contributed by atoms with van der Waals surface area (Å²) in [5.74, 6) is -2.51. The second kappa shape index (κ2) is 8.76. The second-order valence-corrected chi connectivity index (χ2v) is 8.42. The minimum atomic E-state index is -3.88. The normalized spacial score (nSPS) is 11.7. The van der Waals surface area contributed by atoms with Crippen LogP contribution in [0.4, 0.5) is 4.39 Å². The Morgan fingerprint density at radius 1 is 1.07 bits per heavy atom. The molecule has 9 heteroatoms. The van der Waals surface area contributed by atoms with Gasteiger partial charge in [-0.05, 0) is 24.3 Å². The summed E-state index contributed by atoms with van der Waals surface area (Å²) in [5, 5.41) is 0.678. The van der Waals surface area contributed by atoms with Crippen LogP contribution in [0.15, 0.2) is 53.6 Å². The number of esters is 1. The highest BCUT2D eigenvalue weighted by Crippen LogP contribution is 2.21. The maximum atomic E-state index is 14.2. The number of aromatic amines is 1. The number of Topliss-reactive ketones (excluding diaryl/α,β-unsaturated/α-hetero) is 1. The number of hydrogen-bond donors (Lipinski definition) is 1. The topological polar surface area (TPSA) is 96.5 Å². The minimum absolute atomic E-state index is 0.220. The summed E-state index contributed by atoms with van der Waals surface area (Å²) < 4.78 is 45.6. The van der Waals surface area contributed by atoms with Gasteiger partial charge in [-0.3, -0.25) is 4.79 Å². The van der Waals surface area contributed by atoms with E-state index in [-0.39, 0.29) is 18.0 Å². The van der Waals surface area contributed by atoms with Crippen LogP contribution in [0, 0.1) is 5.82 Å². The number of halogens is 1. The fourth-order valence-electron chi connectivity index (χ4n) is 3.12. The standard InChI is InChI=1S/C21H21FN2O5S/c1-3-24(4-2)30(27,28)14-9-10-18(22)16(11-14)21(26)29-13-20(25)17-12-23-19-8-6-5-7-15(17)19/h5-12,23H,3-4,13H2,1-2H3. The van der Waals surface area contributed by atoms with Gasteiger partial charge in [0.15, 0.2) is 6.61 Å². The molecular formula is C21H21FN2O5S. The number of aromatic nitrogens is 1. The number of para-hydroxylation sites is 1. The first kappa shape index (κ1) is 21.7. The number of nitrogens with zero attached hydrogens (tertiary/aromatic N) is 1. The molecule has 0 fully saturated rings. The van der Waals surface area contributed by atoms with E-state index in [0.717, 1.165) is 23.7 Å². The van der Waals surface area contributed by atoms with E-state index in [1.165, 1.54) is 10.5 Å². The summed E-state index contributed by atoms with van der Waals surface area (Å²) in [6.45, 7) is 3.21. The second-order valence-electron chi connectivity index (χ2n) is 6.48. The zero-order valence-electron chi connectivity index (χ0n) is 16.5. The van der Waals surface area contributed by atoms with Crippen LogP contribution in [0.5, 0.6) is 0 Å². The third-order valence-electron chi connectivity index (χ3n) is 4.72. The molecule has 1 heterocycles. The first-order valence-corrected chi connectivity index (χ1v) is 10.8. The predicted octanol–water partition coefficient (Wildman–Crippen LogP) is 3.38. The molecule has 0 radical (unpaired) electrons. The van der Waals surface area contributed by atoms with Crippen molar-refractivity contribution in [1.29, 1.82) is 0 Å². The van der Waals surface area contributed by atoms with Crippen LogP contribution in [-0.4, -0.2) is 49.2 Å². The van der Waals surface area contributed by atoms with E-state index in [0.29, 0.717) is 10.9 Å². The summed E-state index contributed by atoms with van der Waals surface area (Å²) in [5.41, 5.74) is 0.555. The van der Waals surface area contributed by atoms with Crippen molar-refractivity contribution in [2.24, 2.45) is 0 Å². The quantitative estimate of drug-likeness (QED) is 0.435. The highest BCUT2D eigenvalue weighted by molar-refractivity contribution is 7.89. The van der Waals surface area contributed by atoms with Crippen LogP contribution in [0.2, 0.25) is 0 Å². The molecule has 2 aromatic carbocycles. The average molecular weight is 432 g/mol. The molecule has 0 atom stereocenters. The predicted molar refractivity (Wildman–Crippen MR) is 109 cm³/mol. The number of rotatable bonds is 8. The molecular weight excluding hydrogens is 411 g/mol. The number of benzene rings is 2.